The van der Waals surface area contributed by atoms with Crippen molar-refractivity contribution in [1.82, 2.24) is 0 Å². The monoisotopic (exact) mass is 574 g/mol. The van der Waals surface area contributed by atoms with Crippen LogP contribution in [0.5, 0.6) is 0 Å². The Hall–Kier alpha value is 2.84. The molecule has 0 aliphatic rings. The SMILES string of the molecule is [Bi+3].[Se-2].[Se-2].[Tl+]. The molecule has 0 heterocycles. The first-order valence-electron chi connectivity index (χ1n) is 0. The van der Waals surface area contributed by atoms with Crippen LogP contribution < -0.4 is 0 Å². The van der Waals surface area contributed by atoms with Gasteiger partial charge in [0.1, 0.15) is 0 Å². The van der Waals surface area contributed by atoms with Gasteiger partial charge >= 0.3 is 53.5 Å². The van der Waals surface area contributed by atoms with Crippen molar-refractivity contribution in [2.24, 2.45) is 0 Å². The minimum Gasteiger partial charge on any atom is -2.00 e. The Bertz CT molecular complexity index is 6.00. The third-order valence-electron chi connectivity index (χ3n) is 0. The molecule has 0 aromatic heterocycles. The average molecular weight is 571 g/mol. The second-order valence-corrected chi connectivity index (χ2v) is 0. The Morgan fingerprint density at radius 2 is 0.750 bits per heavy atom. The maximum atomic E-state index is 0. The van der Waals surface area contributed by atoms with Crippen molar-refractivity contribution < 1.29 is 0 Å². The normalized spacial score (nSPS) is 0. The maximum Gasteiger partial charge on any atom is 3.00 e. The molecule has 4 heteroatoms. The summed E-state index contributed by atoms with van der Waals surface area (Å²) in [5, 5.41) is 0. The number of hydrogen-bond donors (Lipinski definition) is 0. The van der Waals surface area contributed by atoms with Crippen molar-refractivity contribution in [3.8, 4) is 0 Å². The van der Waals surface area contributed by atoms with E-state index in [-0.39, 0.29) is 87.6 Å². The zero-order valence-electron chi connectivity index (χ0n) is 1.84. The molecule has 0 aliphatic heterocycles. The van der Waals surface area contributed by atoms with Crippen molar-refractivity contribution in [1.29, 1.82) is 0 Å². The van der Waals surface area contributed by atoms with Crippen molar-refractivity contribution >= 4 is 87.6 Å². The number of hydrogen-bond acceptors (Lipinski definition) is 0. The fraction of sp³-hybridized carbons (Fsp3) is 0. The van der Waals surface area contributed by atoms with Crippen LogP contribution in [0.2, 0.25) is 0 Å². The first kappa shape index (κ1) is 28.9. The molecule has 0 saturated heterocycles. The van der Waals surface area contributed by atoms with Crippen LogP contribution in [-0.4, -0.2) is 87.6 Å². The van der Waals surface area contributed by atoms with Gasteiger partial charge in [0.05, 0.1) is 0 Å². The maximum absolute atomic E-state index is 0. The van der Waals surface area contributed by atoms with Gasteiger partial charge in [-0.15, -0.1) is 0 Å². The quantitative estimate of drug-likeness (QED) is 0.310. The molecule has 0 spiro atoms. The van der Waals surface area contributed by atoms with E-state index >= 15 is 0 Å². The van der Waals surface area contributed by atoms with Crippen molar-refractivity contribution in [3.63, 3.8) is 0 Å². The van der Waals surface area contributed by atoms with Gasteiger partial charge in [-0.2, -0.15) is 0 Å². The van der Waals surface area contributed by atoms with Crippen LogP contribution in [0.25, 0.3) is 0 Å². The topological polar surface area (TPSA) is 0 Å². The molecule has 20 valence electrons. The second-order valence-electron chi connectivity index (χ2n) is 0. The van der Waals surface area contributed by atoms with E-state index in [0.717, 1.165) is 0 Å². The fourth-order valence-electron chi connectivity index (χ4n) is 0. The summed E-state index contributed by atoms with van der Waals surface area (Å²) < 4.78 is 0. The molecule has 0 N–H and O–H groups in total. The Morgan fingerprint density at radius 3 is 0.750 bits per heavy atom. The van der Waals surface area contributed by atoms with Crippen LogP contribution in [0.1, 0.15) is 0 Å². The molecule has 0 saturated carbocycles. The molecule has 0 rings (SSSR count). The van der Waals surface area contributed by atoms with Crippen LogP contribution in [0.15, 0.2) is 0 Å². The Balaban J connectivity index is 0. The first-order chi connectivity index (χ1) is 0. The largest absolute Gasteiger partial charge is 3.00 e. The molecule has 2 radical (unpaired) electrons. The van der Waals surface area contributed by atoms with Crippen LogP contribution in [0, 0.1) is 0 Å². The van der Waals surface area contributed by atoms with Gasteiger partial charge in [0, 0.05) is 0 Å². The predicted molar refractivity (Wildman–Crippen MR) is 23.0 cm³/mol. The van der Waals surface area contributed by atoms with E-state index in [9.17, 15) is 0 Å². The molecular formula is BiSe2Tl. The molecule has 0 amide bonds. The van der Waals surface area contributed by atoms with E-state index in [2.05, 4.69) is 0 Å². The summed E-state index contributed by atoms with van der Waals surface area (Å²) in [7, 11) is 0. The molecule has 0 unspecified atom stereocenters. The second kappa shape index (κ2) is 17.0. The summed E-state index contributed by atoms with van der Waals surface area (Å²) in [5.74, 6) is 0. The van der Waals surface area contributed by atoms with E-state index in [0.29, 0.717) is 0 Å². The molecule has 4 heavy (non-hydrogen) atoms. The molecule has 0 aliphatic carbocycles. The predicted octanol–water partition coefficient (Wildman–Crippen LogP) is -1.52. The Labute approximate surface area is 86.1 Å². The van der Waals surface area contributed by atoms with Crippen LogP contribution >= 0.6 is 0 Å². The summed E-state index contributed by atoms with van der Waals surface area (Å²) in [6.45, 7) is 0. The van der Waals surface area contributed by atoms with Gasteiger partial charge in [-0.3, -0.25) is 0 Å². The Morgan fingerprint density at radius 1 is 0.750 bits per heavy atom. The third kappa shape index (κ3) is 8.85. The number of rotatable bonds is 0. The van der Waals surface area contributed by atoms with Gasteiger partial charge in [0.25, 0.3) is 0 Å². The summed E-state index contributed by atoms with van der Waals surface area (Å²) in [4.78, 5) is 0. The summed E-state index contributed by atoms with van der Waals surface area (Å²) >= 11 is 0. The molecule has 0 nitrogen and oxygen atoms in total. The molecule has 0 aromatic rings. The van der Waals surface area contributed by atoms with Gasteiger partial charge in [0.15, 0.2) is 0 Å². The molecular weight excluding hydrogens is 571 g/mol. The molecule has 0 bridgehead atoms. The standard InChI is InChI=1S/Bi.2Se.Tl/q+3;2*-2;+1. The Kier molecular flexibility index (Phi) is 122. The average Bonchev–Trinajstić information content (AvgIpc) is 0. The van der Waals surface area contributed by atoms with E-state index in [4.69, 9.17) is 0 Å². The van der Waals surface area contributed by atoms with Crippen LogP contribution in [0.4, 0.5) is 0 Å². The smallest absolute Gasteiger partial charge is 2.00 e. The molecule has 0 aromatic carbocycles. The van der Waals surface area contributed by atoms with Crippen molar-refractivity contribution in [2.45, 2.75) is 0 Å². The van der Waals surface area contributed by atoms with Crippen LogP contribution in [-0.2, 0) is 0 Å². The summed E-state index contributed by atoms with van der Waals surface area (Å²) in [6.07, 6.45) is 0. The van der Waals surface area contributed by atoms with Gasteiger partial charge in [-0.1, -0.05) is 0 Å². The minimum atomic E-state index is 0. The van der Waals surface area contributed by atoms with Crippen molar-refractivity contribution in [2.75, 3.05) is 0 Å². The zero-order valence-corrected chi connectivity index (χ0v) is 13.2. The fourth-order valence-corrected chi connectivity index (χ4v) is 0. The minimum absolute atomic E-state index is 0. The third-order valence-corrected chi connectivity index (χ3v) is 0. The van der Waals surface area contributed by atoms with E-state index in [1.54, 1.807) is 0 Å². The van der Waals surface area contributed by atoms with Gasteiger partial charge in [-0.05, 0) is 0 Å². The van der Waals surface area contributed by atoms with Gasteiger partial charge in [-0.25, -0.2) is 0 Å². The molecule has 0 fully saturated rings. The van der Waals surface area contributed by atoms with Gasteiger partial charge < -0.3 is 34.1 Å². The van der Waals surface area contributed by atoms with E-state index in [1.165, 1.54) is 0 Å². The van der Waals surface area contributed by atoms with E-state index < -0.39 is 0 Å². The van der Waals surface area contributed by atoms with E-state index in [1.807, 2.05) is 0 Å². The summed E-state index contributed by atoms with van der Waals surface area (Å²) in [5.41, 5.74) is 0. The molecule has 0 atom stereocenters. The first-order valence-corrected chi connectivity index (χ1v) is 0. The zero-order chi connectivity index (χ0) is 0. The summed E-state index contributed by atoms with van der Waals surface area (Å²) in [6, 6.07) is 0. The van der Waals surface area contributed by atoms with Crippen LogP contribution in [0.3, 0.4) is 0 Å². The van der Waals surface area contributed by atoms with Crippen molar-refractivity contribution in [3.05, 3.63) is 0 Å². The van der Waals surface area contributed by atoms with Gasteiger partial charge in [0.2, 0.25) is 0 Å².